The molecule has 90 valence electrons. The Bertz CT molecular complexity index is 323. The third-order valence-corrected chi connectivity index (χ3v) is 1.88. The van der Waals surface area contributed by atoms with Crippen LogP contribution in [0.15, 0.2) is 6.07 Å². The maximum Gasteiger partial charge on any atom is 0.218 e. The Morgan fingerprint density at radius 1 is 1.31 bits per heavy atom. The molecule has 0 aromatic carbocycles. The average Bonchev–Trinajstić information content (AvgIpc) is 2.26. The minimum Gasteiger partial charge on any atom is -0.475 e. The van der Waals surface area contributed by atoms with Crippen LogP contribution in [0, 0.1) is 0 Å². The lowest BCUT2D eigenvalue weighted by atomic mass is 10.5. The summed E-state index contributed by atoms with van der Waals surface area (Å²) in [5.41, 5.74) is 0. The van der Waals surface area contributed by atoms with Crippen LogP contribution < -0.4 is 4.74 Å². The van der Waals surface area contributed by atoms with Crippen LogP contribution in [0.4, 0.5) is 0 Å². The lowest BCUT2D eigenvalue weighted by Crippen LogP contribution is -2.07. The predicted molar refractivity (Wildman–Crippen MR) is 59.7 cm³/mol. The Labute approximate surface area is 99.7 Å². The molecule has 0 spiro atoms. The normalized spacial score (nSPS) is 10.4. The van der Waals surface area contributed by atoms with Crippen LogP contribution >= 0.6 is 11.6 Å². The molecule has 6 heteroatoms. The highest BCUT2D eigenvalue weighted by Crippen LogP contribution is 2.14. The van der Waals surface area contributed by atoms with Crippen molar-refractivity contribution in [3.8, 4) is 5.88 Å². The molecule has 0 amide bonds. The number of nitrogens with zero attached hydrogens (tertiary/aromatic N) is 2. The molecule has 0 N–H and O–H groups in total. The SMILES string of the molecule is CCOCc1nc(Cl)cc(OCCOC)n1. The van der Waals surface area contributed by atoms with Crippen molar-refractivity contribution < 1.29 is 14.2 Å². The van der Waals surface area contributed by atoms with E-state index in [9.17, 15) is 0 Å². The maximum absolute atomic E-state index is 5.82. The molecule has 0 atom stereocenters. The Morgan fingerprint density at radius 2 is 2.12 bits per heavy atom. The molecule has 0 radical (unpaired) electrons. The smallest absolute Gasteiger partial charge is 0.218 e. The molecule has 1 rings (SSSR count). The summed E-state index contributed by atoms with van der Waals surface area (Å²) in [4.78, 5) is 8.16. The highest BCUT2D eigenvalue weighted by Gasteiger charge is 2.04. The van der Waals surface area contributed by atoms with Crippen molar-refractivity contribution in [1.29, 1.82) is 0 Å². The molecule has 5 nitrogen and oxygen atoms in total. The molecule has 1 aromatic heterocycles. The molecule has 0 aliphatic heterocycles. The van der Waals surface area contributed by atoms with Crippen molar-refractivity contribution in [2.24, 2.45) is 0 Å². The van der Waals surface area contributed by atoms with E-state index >= 15 is 0 Å². The highest BCUT2D eigenvalue weighted by molar-refractivity contribution is 6.29. The first-order valence-electron chi connectivity index (χ1n) is 4.99. The molecule has 0 bridgehead atoms. The molecule has 16 heavy (non-hydrogen) atoms. The first kappa shape index (κ1) is 13.2. The minimum atomic E-state index is 0.331. The summed E-state index contributed by atoms with van der Waals surface area (Å²) in [6.07, 6.45) is 0. The van der Waals surface area contributed by atoms with Gasteiger partial charge in [0.15, 0.2) is 5.82 Å². The van der Waals surface area contributed by atoms with E-state index in [0.29, 0.717) is 43.3 Å². The van der Waals surface area contributed by atoms with Crippen LogP contribution in [0.3, 0.4) is 0 Å². The average molecular weight is 247 g/mol. The van der Waals surface area contributed by atoms with Crippen molar-refractivity contribution in [2.45, 2.75) is 13.5 Å². The summed E-state index contributed by atoms with van der Waals surface area (Å²) in [7, 11) is 1.61. The fraction of sp³-hybridized carbons (Fsp3) is 0.600. The van der Waals surface area contributed by atoms with E-state index < -0.39 is 0 Å². The monoisotopic (exact) mass is 246 g/mol. The van der Waals surface area contributed by atoms with Gasteiger partial charge in [0.25, 0.3) is 0 Å². The Morgan fingerprint density at radius 3 is 2.81 bits per heavy atom. The summed E-state index contributed by atoms with van der Waals surface area (Å²) >= 11 is 5.82. The van der Waals surface area contributed by atoms with Gasteiger partial charge >= 0.3 is 0 Å². The third-order valence-electron chi connectivity index (χ3n) is 1.69. The third kappa shape index (κ3) is 4.74. The Balaban J connectivity index is 2.58. The molecule has 1 aromatic rings. The van der Waals surface area contributed by atoms with Crippen LogP contribution in [-0.4, -0.2) is 36.9 Å². The van der Waals surface area contributed by atoms with E-state index in [0.717, 1.165) is 0 Å². The standard InChI is InChI=1S/C10H15ClN2O3/c1-3-15-7-9-12-8(11)6-10(13-9)16-5-4-14-2/h6H,3-5,7H2,1-2H3. The van der Waals surface area contributed by atoms with Crippen LogP contribution in [0.2, 0.25) is 5.15 Å². The van der Waals surface area contributed by atoms with Gasteiger partial charge in [0.2, 0.25) is 5.88 Å². The maximum atomic E-state index is 5.82. The number of hydrogen-bond acceptors (Lipinski definition) is 5. The first-order valence-corrected chi connectivity index (χ1v) is 5.37. The van der Waals surface area contributed by atoms with E-state index in [2.05, 4.69) is 9.97 Å². The minimum absolute atomic E-state index is 0.331. The summed E-state index contributed by atoms with van der Waals surface area (Å²) in [6.45, 7) is 3.77. The van der Waals surface area contributed by atoms with Crippen LogP contribution in [0.25, 0.3) is 0 Å². The zero-order chi connectivity index (χ0) is 11.8. The van der Waals surface area contributed by atoms with Gasteiger partial charge in [0, 0.05) is 19.8 Å². The second-order valence-electron chi connectivity index (χ2n) is 2.92. The van der Waals surface area contributed by atoms with Gasteiger partial charge < -0.3 is 14.2 Å². The molecule has 0 fully saturated rings. The van der Waals surface area contributed by atoms with Gasteiger partial charge in [-0.25, -0.2) is 4.98 Å². The molecule has 0 aliphatic rings. The quantitative estimate of drug-likeness (QED) is 0.541. The Hall–Kier alpha value is -0.910. The van der Waals surface area contributed by atoms with E-state index in [1.165, 1.54) is 0 Å². The lowest BCUT2D eigenvalue weighted by Gasteiger charge is -2.06. The number of halogens is 1. The van der Waals surface area contributed by atoms with Gasteiger partial charge in [0.05, 0.1) is 6.61 Å². The topological polar surface area (TPSA) is 53.5 Å². The highest BCUT2D eigenvalue weighted by atomic mass is 35.5. The zero-order valence-corrected chi connectivity index (χ0v) is 10.2. The second kappa shape index (κ2) is 7.38. The number of hydrogen-bond donors (Lipinski definition) is 0. The zero-order valence-electron chi connectivity index (χ0n) is 9.40. The van der Waals surface area contributed by atoms with Gasteiger partial charge in [-0.1, -0.05) is 11.6 Å². The van der Waals surface area contributed by atoms with Crippen molar-refractivity contribution in [3.05, 3.63) is 17.0 Å². The number of ether oxygens (including phenoxy) is 3. The van der Waals surface area contributed by atoms with Crippen molar-refractivity contribution in [3.63, 3.8) is 0 Å². The summed E-state index contributed by atoms with van der Waals surface area (Å²) in [5, 5.41) is 0.345. The fourth-order valence-electron chi connectivity index (χ4n) is 1.00. The molecule has 0 unspecified atom stereocenters. The Kier molecular flexibility index (Phi) is 6.07. The number of rotatable bonds is 7. The van der Waals surface area contributed by atoms with Crippen LogP contribution in [0.5, 0.6) is 5.88 Å². The van der Waals surface area contributed by atoms with Gasteiger partial charge in [-0.15, -0.1) is 0 Å². The largest absolute Gasteiger partial charge is 0.475 e. The van der Waals surface area contributed by atoms with E-state index in [-0.39, 0.29) is 0 Å². The van der Waals surface area contributed by atoms with Gasteiger partial charge in [-0.3, -0.25) is 0 Å². The number of aromatic nitrogens is 2. The summed E-state index contributed by atoms with van der Waals surface area (Å²) in [6, 6.07) is 1.56. The lowest BCUT2D eigenvalue weighted by molar-refractivity contribution is 0.125. The van der Waals surface area contributed by atoms with Crippen molar-refractivity contribution in [1.82, 2.24) is 9.97 Å². The molecule has 1 heterocycles. The van der Waals surface area contributed by atoms with Crippen molar-refractivity contribution >= 4 is 11.6 Å². The van der Waals surface area contributed by atoms with Gasteiger partial charge in [0.1, 0.15) is 18.4 Å². The van der Waals surface area contributed by atoms with E-state index in [1.54, 1.807) is 13.2 Å². The molecular formula is C10H15ClN2O3. The molecule has 0 saturated heterocycles. The molecular weight excluding hydrogens is 232 g/mol. The van der Waals surface area contributed by atoms with Crippen LogP contribution in [0.1, 0.15) is 12.7 Å². The van der Waals surface area contributed by atoms with Crippen molar-refractivity contribution in [2.75, 3.05) is 26.9 Å². The molecule has 0 aliphatic carbocycles. The molecule has 0 saturated carbocycles. The van der Waals surface area contributed by atoms with E-state index in [4.69, 9.17) is 25.8 Å². The van der Waals surface area contributed by atoms with Crippen LogP contribution in [-0.2, 0) is 16.1 Å². The number of methoxy groups -OCH3 is 1. The summed E-state index contributed by atoms with van der Waals surface area (Å²) < 4.78 is 15.4. The fourth-order valence-corrected chi connectivity index (χ4v) is 1.19. The van der Waals surface area contributed by atoms with Gasteiger partial charge in [-0.05, 0) is 6.92 Å². The predicted octanol–water partition coefficient (Wildman–Crippen LogP) is 1.69. The van der Waals surface area contributed by atoms with Gasteiger partial charge in [-0.2, -0.15) is 4.98 Å². The van der Waals surface area contributed by atoms with E-state index in [1.807, 2.05) is 6.92 Å². The second-order valence-corrected chi connectivity index (χ2v) is 3.31. The summed E-state index contributed by atoms with van der Waals surface area (Å²) in [5.74, 6) is 0.952. The first-order chi connectivity index (χ1) is 7.76.